The molecule has 0 bridgehead atoms. The summed E-state index contributed by atoms with van der Waals surface area (Å²) in [5.74, 6) is -0.249. The molecule has 8 nitrogen and oxygen atoms in total. The SMILES string of the molecule is O=C(CCCCC(=O)n1cncn1)n1cncn1. The highest BCUT2D eigenvalue weighted by molar-refractivity contribution is 5.78. The zero-order valence-corrected chi connectivity index (χ0v) is 9.64. The third kappa shape index (κ3) is 3.06. The van der Waals surface area contributed by atoms with Crippen LogP contribution in [0.4, 0.5) is 0 Å². The first-order chi connectivity index (χ1) is 8.77. The van der Waals surface area contributed by atoms with Crippen molar-refractivity contribution in [3.05, 3.63) is 25.3 Å². The zero-order valence-electron chi connectivity index (χ0n) is 9.64. The van der Waals surface area contributed by atoms with Gasteiger partial charge in [-0.2, -0.15) is 19.6 Å². The Balaban J connectivity index is 1.67. The summed E-state index contributed by atoms with van der Waals surface area (Å²) < 4.78 is 2.39. The lowest BCUT2D eigenvalue weighted by Crippen LogP contribution is -2.12. The molecule has 0 unspecified atom stereocenters. The standard InChI is InChI=1S/C10H12N6O2/c17-9(15-7-11-5-13-15)3-1-2-4-10(18)16-8-12-6-14-16/h5-8H,1-4H2. The average Bonchev–Trinajstić information content (AvgIpc) is 3.05. The van der Waals surface area contributed by atoms with Gasteiger partial charge in [0, 0.05) is 12.8 Å². The van der Waals surface area contributed by atoms with Crippen molar-refractivity contribution in [3.63, 3.8) is 0 Å². The summed E-state index contributed by atoms with van der Waals surface area (Å²) in [6, 6.07) is 0. The van der Waals surface area contributed by atoms with E-state index in [0.717, 1.165) is 0 Å². The molecule has 0 amide bonds. The molecule has 2 aromatic rings. The Labute approximate surface area is 103 Å². The van der Waals surface area contributed by atoms with Gasteiger partial charge in [0.05, 0.1) is 0 Å². The summed E-state index contributed by atoms with van der Waals surface area (Å²) in [5.41, 5.74) is 0. The molecule has 0 N–H and O–H groups in total. The van der Waals surface area contributed by atoms with E-state index in [4.69, 9.17) is 0 Å². The van der Waals surface area contributed by atoms with Crippen molar-refractivity contribution < 1.29 is 9.59 Å². The number of unbranched alkanes of at least 4 members (excludes halogenated alkanes) is 1. The van der Waals surface area contributed by atoms with Crippen LogP contribution < -0.4 is 0 Å². The predicted molar refractivity (Wildman–Crippen MR) is 59.8 cm³/mol. The summed E-state index contributed by atoms with van der Waals surface area (Å²) >= 11 is 0. The summed E-state index contributed by atoms with van der Waals surface area (Å²) in [7, 11) is 0. The van der Waals surface area contributed by atoms with Crippen LogP contribution in [-0.4, -0.2) is 41.3 Å². The maximum atomic E-state index is 11.5. The Morgan fingerprint density at radius 2 is 1.28 bits per heavy atom. The first-order valence-electron chi connectivity index (χ1n) is 5.53. The van der Waals surface area contributed by atoms with Crippen LogP contribution in [0.1, 0.15) is 35.3 Å². The number of aromatic nitrogens is 6. The highest BCUT2D eigenvalue weighted by atomic mass is 16.2. The molecule has 18 heavy (non-hydrogen) atoms. The van der Waals surface area contributed by atoms with Gasteiger partial charge in [-0.15, -0.1) is 0 Å². The highest BCUT2D eigenvalue weighted by Crippen LogP contribution is 2.03. The van der Waals surface area contributed by atoms with Gasteiger partial charge in [0.2, 0.25) is 11.8 Å². The van der Waals surface area contributed by atoms with Crippen molar-refractivity contribution in [2.75, 3.05) is 0 Å². The number of rotatable bonds is 5. The predicted octanol–water partition coefficient (Wildman–Crippen LogP) is 0.411. The van der Waals surface area contributed by atoms with Gasteiger partial charge in [-0.1, -0.05) is 0 Å². The zero-order chi connectivity index (χ0) is 12.8. The van der Waals surface area contributed by atoms with Crippen LogP contribution >= 0.6 is 0 Å². The summed E-state index contributed by atoms with van der Waals surface area (Å²) in [4.78, 5) is 30.4. The van der Waals surface area contributed by atoms with Crippen molar-refractivity contribution in [2.45, 2.75) is 25.7 Å². The third-order valence-electron chi connectivity index (χ3n) is 2.38. The molecule has 0 aliphatic carbocycles. The Bertz CT molecular complexity index is 456. The van der Waals surface area contributed by atoms with Crippen LogP contribution in [0.25, 0.3) is 0 Å². The molecule has 0 aliphatic heterocycles. The molecule has 0 aliphatic rings. The van der Waals surface area contributed by atoms with Crippen LogP contribution in [0.15, 0.2) is 25.3 Å². The van der Waals surface area contributed by atoms with Crippen LogP contribution in [0.3, 0.4) is 0 Å². The molecule has 2 rings (SSSR count). The summed E-state index contributed by atoms with van der Waals surface area (Å²) in [6.07, 6.45) is 7.28. The average molecular weight is 248 g/mol. The van der Waals surface area contributed by atoms with E-state index in [1.807, 2.05) is 0 Å². The second kappa shape index (κ2) is 5.80. The minimum absolute atomic E-state index is 0.124. The quantitative estimate of drug-likeness (QED) is 0.711. The van der Waals surface area contributed by atoms with Crippen molar-refractivity contribution in [1.29, 1.82) is 0 Å². The Hall–Kier alpha value is -2.38. The van der Waals surface area contributed by atoms with E-state index in [1.54, 1.807) is 0 Å². The summed E-state index contributed by atoms with van der Waals surface area (Å²) in [5, 5.41) is 7.47. The fourth-order valence-corrected chi connectivity index (χ4v) is 1.46. The van der Waals surface area contributed by atoms with Gasteiger partial charge >= 0.3 is 0 Å². The fraction of sp³-hybridized carbons (Fsp3) is 0.400. The van der Waals surface area contributed by atoms with E-state index in [9.17, 15) is 9.59 Å². The Morgan fingerprint density at radius 1 is 0.833 bits per heavy atom. The minimum atomic E-state index is -0.124. The maximum Gasteiger partial charge on any atom is 0.248 e. The monoisotopic (exact) mass is 248 g/mol. The highest BCUT2D eigenvalue weighted by Gasteiger charge is 2.07. The normalized spacial score (nSPS) is 10.4. The molecular weight excluding hydrogens is 236 g/mol. The van der Waals surface area contributed by atoms with Crippen molar-refractivity contribution in [2.24, 2.45) is 0 Å². The second-order valence-corrected chi connectivity index (χ2v) is 3.67. The topological polar surface area (TPSA) is 95.6 Å². The number of hydrogen-bond acceptors (Lipinski definition) is 6. The van der Waals surface area contributed by atoms with Crippen LogP contribution in [-0.2, 0) is 0 Å². The third-order valence-corrected chi connectivity index (χ3v) is 2.38. The first kappa shape index (κ1) is 12.1. The van der Waals surface area contributed by atoms with Gasteiger partial charge in [0.25, 0.3) is 0 Å². The van der Waals surface area contributed by atoms with Crippen molar-refractivity contribution in [1.82, 2.24) is 29.5 Å². The first-order valence-corrected chi connectivity index (χ1v) is 5.53. The lowest BCUT2D eigenvalue weighted by Gasteiger charge is -2.00. The van der Waals surface area contributed by atoms with E-state index in [1.165, 1.54) is 34.7 Å². The molecule has 0 radical (unpaired) electrons. The molecule has 94 valence electrons. The number of nitrogens with zero attached hydrogens (tertiary/aromatic N) is 6. The van der Waals surface area contributed by atoms with E-state index in [-0.39, 0.29) is 11.8 Å². The van der Waals surface area contributed by atoms with Gasteiger partial charge in [-0.3, -0.25) is 9.59 Å². The number of carbonyl (C=O) groups excluding carboxylic acids is 2. The minimum Gasteiger partial charge on any atom is -0.273 e. The molecule has 0 aromatic carbocycles. The lowest BCUT2D eigenvalue weighted by molar-refractivity contribution is 0.0856. The van der Waals surface area contributed by atoms with E-state index < -0.39 is 0 Å². The van der Waals surface area contributed by atoms with E-state index in [0.29, 0.717) is 25.7 Å². The second-order valence-electron chi connectivity index (χ2n) is 3.67. The van der Waals surface area contributed by atoms with Crippen molar-refractivity contribution >= 4 is 11.8 Å². The maximum absolute atomic E-state index is 11.5. The molecule has 8 heteroatoms. The molecule has 0 atom stereocenters. The number of carbonyl (C=O) groups is 2. The van der Waals surface area contributed by atoms with Gasteiger partial charge in [-0.05, 0) is 12.8 Å². The van der Waals surface area contributed by atoms with Gasteiger partial charge in [0.1, 0.15) is 25.3 Å². The molecule has 2 heterocycles. The molecule has 0 saturated heterocycles. The van der Waals surface area contributed by atoms with Crippen LogP contribution in [0.5, 0.6) is 0 Å². The molecule has 0 saturated carbocycles. The Kier molecular flexibility index (Phi) is 3.90. The fourth-order valence-electron chi connectivity index (χ4n) is 1.46. The molecule has 2 aromatic heterocycles. The van der Waals surface area contributed by atoms with E-state index >= 15 is 0 Å². The largest absolute Gasteiger partial charge is 0.273 e. The van der Waals surface area contributed by atoms with Gasteiger partial charge < -0.3 is 0 Å². The summed E-state index contributed by atoms with van der Waals surface area (Å²) in [6.45, 7) is 0. The molecule has 0 spiro atoms. The van der Waals surface area contributed by atoms with E-state index in [2.05, 4.69) is 20.2 Å². The van der Waals surface area contributed by atoms with Crippen molar-refractivity contribution in [3.8, 4) is 0 Å². The Morgan fingerprint density at radius 3 is 1.61 bits per heavy atom. The van der Waals surface area contributed by atoms with Crippen LogP contribution in [0, 0.1) is 0 Å². The van der Waals surface area contributed by atoms with Gasteiger partial charge in [0.15, 0.2) is 0 Å². The number of hydrogen-bond donors (Lipinski definition) is 0. The smallest absolute Gasteiger partial charge is 0.248 e. The molecular formula is C10H12N6O2. The lowest BCUT2D eigenvalue weighted by atomic mass is 10.2. The van der Waals surface area contributed by atoms with Gasteiger partial charge in [-0.25, -0.2) is 9.97 Å². The van der Waals surface area contributed by atoms with Crippen LogP contribution in [0.2, 0.25) is 0 Å². The molecule has 0 fully saturated rings.